The number of epoxide rings is 1. The largest absolute Gasteiger partial charge is 0.483 e. The monoisotopic (exact) mass is 737 g/mol. The molecule has 2 unspecified atom stereocenters. The van der Waals surface area contributed by atoms with Crippen LogP contribution in [0.5, 0.6) is 0 Å². The van der Waals surface area contributed by atoms with Gasteiger partial charge in [-0.15, -0.1) is 0 Å². The molecule has 0 bridgehead atoms. The Balaban J connectivity index is 0.00000301. The van der Waals surface area contributed by atoms with Crippen LogP contribution >= 0.6 is 0 Å². The molecule has 0 radical (unpaired) electrons. The number of carbonyl (C=O) groups excluding carboxylic acids is 2. The molecule has 0 aromatic rings. The van der Waals surface area contributed by atoms with Gasteiger partial charge in [0.2, 0.25) is 0 Å². The zero-order valence-corrected chi connectivity index (χ0v) is 32.7. The lowest BCUT2D eigenvalue weighted by Gasteiger charge is -2.32. The SMILES string of the molecule is CC[C@H](OC)[C@@H](C)[C@H]1O[C@@H]1C(NCC1CCCCCC1)C(C)(O)/C=C/C=C(\C)[C@@H]1OC(=O)C[C@H](O)CC[C@@](C)(O)[C@@H](OC(C)=O)/C=C/[C@@H]1C.O=CO. The van der Waals surface area contributed by atoms with Crippen LogP contribution in [0.15, 0.2) is 36.0 Å². The smallest absolute Gasteiger partial charge is 0.309 e. The molecule has 2 fully saturated rings. The van der Waals surface area contributed by atoms with E-state index in [1.807, 2.05) is 19.9 Å². The molecule has 0 amide bonds. The van der Waals surface area contributed by atoms with Crippen molar-refractivity contribution in [2.24, 2.45) is 17.8 Å². The van der Waals surface area contributed by atoms with Crippen molar-refractivity contribution in [1.82, 2.24) is 5.32 Å². The number of ether oxygens (including phenoxy) is 4. The summed E-state index contributed by atoms with van der Waals surface area (Å²) in [5.74, 6) is -0.694. The van der Waals surface area contributed by atoms with Gasteiger partial charge in [0.05, 0.1) is 36.4 Å². The minimum absolute atomic E-state index is 0.0242. The molecule has 1 aliphatic carbocycles. The maximum absolute atomic E-state index is 12.9. The van der Waals surface area contributed by atoms with Crippen LogP contribution in [0.1, 0.15) is 113 Å². The van der Waals surface area contributed by atoms with E-state index in [1.165, 1.54) is 45.4 Å². The van der Waals surface area contributed by atoms with Gasteiger partial charge in [0.25, 0.3) is 6.47 Å². The van der Waals surface area contributed by atoms with Crippen molar-refractivity contribution in [3.05, 3.63) is 36.0 Å². The zero-order chi connectivity index (χ0) is 39.1. The van der Waals surface area contributed by atoms with Gasteiger partial charge in [0.15, 0.2) is 0 Å². The lowest BCUT2D eigenvalue weighted by atomic mass is 9.86. The zero-order valence-electron chi connectivity index (χ0n) is 32.7. The molecule has 12 nitrogen and oxygen atoms in total. The molecule has 1 saturated carbocycles. The Bertz CT molecular complexity index is 1190. The second-order valence-corrected chi connectivity index (χ2v) is 15.4. The Morgan fingerprint density at radius 1 is 1.15 bits per heavy atom. The fraction of sp³-hybridized carbons (Fsp3) is 0.775. The first kappa shape index (κ1) is 45.5. The first-order valence-corrected chi connectivity index (χ1v) is 19.0. The van der Waals surface area contributed by atoms with E-state index in [0.29, 0.717) is 5.92 Å². The van der Waals surface area contributed by atoms with Crippen molar-refractivity contribution in [3.8, 4) is 0 Å². The first-order chi connectivity index (χ1) is 24.5. The van der Waals surface area contributed by atoms with Crippen LogP contribution in [0.4, 0.5) is 0 Å². The number of esters is 2. The second-order valence-electron chi connectivity index (χ2n) is 15.4. The molecule has 298 valence electrons. The van der Waals surface area contributed by atoms with E-state index in [0.717, 1.165) is 18.5 Å². The number of cyclic esters (lactones) is 1. The van der Waals surface area contributed by atoms with Crippen LogP contribution in [0.2, 0.25) is 0 Å². The molecule has 2 aliphatic heterocycles. The number of rotatable bonds is 13. The summed E-state index contributed by atoms with van der Waals surface area (Å²) in [4.78, 5) is 33.1. The summed E-state index contributed by atoms with van der Waals surface area (Å²) in [5, 5.41) is 44.2. The van der Waals surface area contributed by atoms with Crippen LogP contribution in [0.25, 0.3) is 0 Å². The minimum Gasteiger partial charge on any atom is -0.483 e. The number of aliphatic hydroxyl groups excluding tert-OH is 1. The van der Waals surface area contributed by atoms with Crippen molar-refractivity contribution in [2.75, 3.05) is 13.7 Å². The highest BCUT2D eigenvalue weighted by atomic mass is 16.6. The van der Waals surface area contributed by atoms with Crippen LogP contribution in [-0.4, -0.2) is 106 Å². The maximum Gasteiger partial charge on any atom is 0.309 e. The Hall–Kier alpha value is -2.61. The van der Waals surface area contributed by atoms with Crippen molar-refractivity contribution < 1.29 is 53.8 Å². The van der Waals surface area contributed by atoms with E-state index >= 15 is 0 Å². The molecule has 0 aromatic carbocycles. The number of hydrogen-bond acceptors (Lipinski definition) is 11. The minimum atomic E-state index is -1.44. The van der Waals surface area contributed by atoms with Gasteiger partial charge >= 0.3 is 11.9 Å². The van der Waals surface area contributed by atoms with Gasteiger partial charge in [-0.1, -0.05) is 70.8 Å². The summed E-state index contributed by atoms with van der Waals surface area (Å²) in [6.45, 7) is 13.2. The number of allylic oxidation sites excluding steroid dienone is 2. The van der Waals surface area contributed by atoms with E-state index in [2.05, 4.69) is 19.2 Å². The first-order valence-electron chi connectivity index (χ1n) is 19.0. The average molecular weight is 738 g/mol. The summed E-state index contributed by atoms with van der Waals surface area (Å²) in [6.07, 6.45) is 14.4. The fourth-order valence-corrected chi connectivity index (χ4v) is 7.53. The van der Waals surface area contributed by atoms with Crippen molar-refractivity contribution in [2.45, 2.75) is 167 Å². The van der Waals surface area contributed by atoms with Crippen LogP contribution < -0.4 is 5.32 Å². The molecule has 0 spiro atoms. The molecule has 3 aliphatic rings. The van der Waals surface area contributed by atoms with Crippen LogP contribution in [0, 0.1) is 17.8 Å². The number of methoxy groups -OCH3 is 1. The summed E-state index contributed by atoms with van der Waals surface area (Å²) in [6, 6.07) is -0.337. The fourth-order valence-electron chi connectivity index (χ4n) is 7.53. The Labute approximate surface area is 311 Å². The van der Waals surface area contributed by atoms with Crippen LogP contribution in [-0.2, 0) is 33.3 Å². The summed E-state index contributed by atoms with van der Waals surface area (Å²) in [7, 11) is 1.73. The number of carbonyl (C=O) groups is 3. The summed E-state index contributed by atoms with van der Waals surface area (Å²) >= 11 is 0. The van der Waals surface area contributed by atoms with Gasteiger partial charge in [-0.25, -0.2) is 0 Å². The van der Waals surface area contributed by atoms with E-state index in [9.17, 15) is 24.9 Å². The molecule has 0 aromatic heterocycles. The molecule has 11 atom stereocenters. The van der Waals surface area contributed by atoms with Crippen molar-refractivity contribution in [1.29, 1.82) is 0 Å². The highest BCUT2D eigenvalue weighted by Gasteiger charge is 2.54. The molecule has 52 heavy (non-hydrogen) atoms. The van der Waals surface area contributed by atoms with Crippen molar-refractivity contribution >= 4 is 18.4 Å². The van der Waals surface area contributed by atoms with E-state index < -0.39 is 41.5 Å². The van der Waals surface area contributed by atoms with Gasteiger partial charge in [-0.3, -0.25) is 14.4 Å². The predicted molar refractivity (Wildman–Crippen MR) is 198 cm³/mol. The summed E-state index contributed by atoms with van der Waals surface area (Å²) < 4.78 is 23.3. The average Bonchev–Trinajstić information content (AvgIpc) is 3.89. The molecule has 3 rings (SSSR count). The predicted octanol–water partition coefficient (Wildman–Crippen LogP) is 5.03. The number of aliphatic hydroxyl groups is 3. The van der Waals surface area contributed by atoms with E-state index in [1.54, 1.807) is 45.3 Å². The second kappa shape index (κ2) is 21.9. The molecule has 1 saturated heterocycles. The number of carboxylic acid groups (broad SMARTS) is 1. The number of nitrogens with one attached hydrogen (secondary N) is 1. The highest BCUT2D eigenvalue weighted by molar-refractivity contribution is 5.70. The molecule has 2 heterocycles. The van der Waals surface area contributed by atoms with E-state index in [-0.39, 0.29) is 61.9 Å². The summed E-state index contributed by atoms with van der Waals surface area (Å²) in [5.41, 5.74) is -1.97. The molecule has 12 heteroatoms. The Morgan fingerprint density at radius 2 is 1.79 bits per heavy atom. The van der Waals surface area contributed by atoms with Gasteiger partial charge in [-0.2, -0.15) is 0 Å². The quantitative estimate of drug-likeness (QED) is 0.0425. The standard InChI is InChI=1S/C39H65NO9.CH2O2/c1-9-31(46-8)27(4)35-36(49-35)37(40-24-29-16-12-10-11-13-17-29)39(7,45)21-14-15-25(2)34-26(3)18-19-32(47-28(5)41)38(6,44)22-20-30(42)23-33(43)48-34;2-1-3/h14-15,18-19,21,26-27,29-32,34-37,40,42,44-45H,9-13,16-17,20,22-24H2,1-8H3;1H,(H,2,3)/b19-18+,21-14+,25-15+;/t26-,27+,30+,31-,32-,34-,35+,36-,37?,38+,39?;/m0./s1. The van der Waals surface area contributed by atoms with Gasteiger partial charge < -0.3 is 44.7 Å². The normalized spacial score (nSPS) is 33.0. The van der Waals surface area contributed by atoms with Crippen LogP contribution in [0.3, 0.4) is 0 Å². The Morgan fingerprint density at radius 3 is 2.37 bits per heavy atom. The molecular formula is C40H67NO11. The third-order valence-electron chi connectivity index (χ3n) is 10.8. The third-order valence-corrected chi connectivity index (χ3v) is 10.8. The lowest BCUT2D eigenvalue weighted by Crippen LogP contribution is -2.53. The van der Waals surface area contributed by atoms with Crippen molar-refractivity contribution in [3.63, 3.8) is 0 Å². The van der Waals surface area contributed by atoms with E-state index in [4.69, 9.17) is 28.8 Å². The maximum atomic E-state index is 12.9. The molecular weight excluding hydrogens is 670 g/mol. The lowest BCUT2D eigenvalue weighted by molar-refractivity contribution is -0.157. The highest BCUT2D eigenvalue weighted by Crippen LogP contribution is 2.39. The Kier molecular flexibility index (Phi) is 19.2. The third kappa shape index (κ3) is 14.7. The van der Waals surface area contributed by atoms with Gasteiger partial charge in [0.1, 0.15) is 23.9 Å². The van der Waals surface area contributed by atoms with Gasteiger partial charge in [0, 0.05) is 25.9 Å². The number of hydrogen-bond donors (Lipinski definition) is 5. The molecule has 5 N–H and O–H groups in total. The topological polar surface area (TPSA) is 184 Å². The van der Waals surface area contributed by atoms with Gasteiger partial charge in [-0.05, 0) is 77.0 Å².